The maximum Gasteiger partial charge on any atom is 0.486 e. The van der Waals surface area contributed by atoms with Gasteiger partial charge in [0, 0.05) is 44.4 Å². The predicted molar refractivity (Wildman–Crippen MR) is 264 cm³/mol. The minimum atomic E-state index is -4.37. The minimum Gasteiger partial charge on any atom is -0.462 e. The third kappa shape index (κ3) is 9.72. The first-order valence-corrected chi connectivity index (χ1v) is 42.7. The van der Waals surface area contributed by atoms with E-state index in [-0.39, 0.29) is 51.4 Å². The molecule has 374 valence electrons. The van der Waals surface area contributed by atoms with Crippen LogP contribution in [0.3, 0.4) is 0 Å². The fraction of sp³-hybridized carbons (Fsp3) is 0.932. The van der Waals surface area contributed by atoms with E-state index in [9.17, 15) is 14.4 Å². The van der Waals surface area contributed by atoms with Gasteiger partial charge in [0.15, 0.2) is 8.32 Å². The molecule has 10 fully saturated rings. The number of carbonyl (C=O) groups excluding carboxylic acids is 1. The maximum atomic E-state index is 14.0. The lowest BCUT2D eigenvalue weighted by Gasteiger charge is -2.62. The second kappa shape index (κ2) is 19.7. The van der Waals surface area contributed by atoms with Crippen LogP contribution in [0.1, 0.15) is 193 Å². The molecule has 3 heterocycles. The normalized spacial score (nSPS) is 42.0. The topological polar surface area (TPSA) is 159 Å². The van der Waals surface area contributed by atoms with Gasteiger partial charge in [-0.15, -0.1) is 0 Å². The Hall–Kier alpha value is 0.465. The fourth-order valence-corrected chi connectivity index (χ4v) is 62.6. The van der Waals surface area contributed by atoms with Gasteiger partial charge < -0.3 is 55.5 Å². The van der Waals surface area contributed by atoms with Crippen LogP contribution < -0.4 is 0 Å². The maximum absolute atomic E-state index is 14.0. The van der Waals surface area contributed by atoms with Crippen molar-refractivity contribution in [2.45, 2.75) is 251 Å². The molecule has 2 N–H and O–H groups in total. The van der Waals surface area contributed by atoms with Crippen molar-refractivity contribution < 1.29 is 60.3 Å². The van der Waals surface area contributed by atoms with Crippen LogP contribution in [0.25, 0.3) is 0 Å². The van der Waals surface area contributed by atoms with Crippen LogP contribution in [0, 0.1) is 0 Å². The van der Waals surface area contributed by atoms with E-state index in [0.29, 0.717) is 18.0 Å². The van der Waals surface area contributed by atoms with Gasteiger partial charge in [-0.2, -0.15) is 0 Å². The Labute approximate surface area is 403 Å². The molecule has 3 aliphatic heterocycles. The highest BCUT2D eigenvalue weighted by atomic mass is 28.6. The monoisotopic (exact) mass is 1060 g/mol. The summed E-state index contributed by atoms with van der Waals surface area (Å²) in [6.45, 7) is 10.2. The number of carbonyl (C=O) groups is 1. The Morgan fingerprint density at radius 3 is 1.11 bits per heavy atom. The van der Waals surface area contributed by atoms with Crippen molar-refractivity contribution in [1.82, 2.24) is 0 Å². The van der Waals surface area contributed by atoms with E-state index < -0.39 is 69.9 Å². The summed E-state index contributed by atoms with van der Waals surface area (Å²) in [5, 5.41) is 0. The Morgan fingerprint density at radius 2 is 0.773 bits per heavy atom. The molecule has 22 heteroatoms. The average molecular weight is 1060 g/mol. The smallest absolute Gasteiger partial charge is 0.462 e. The van der Waals surface area contributed by atoms with Gasteiger partial charge in [0.2, 0.25) is 0 Å². The number of ether oxygens (including phenoxy) is 1. The Balaban J connectivity index is 1.21. The number of hydrogen-bond acceptors (Lipinski definition) is 14. The largest absolute Gasteiger partial charge is 0.486 e. The summed E-state index contributed by atoms with van der Waals surface area (Å²) in [7, 11) is -32.3. The van der Waals surface area contributed by atoms with Gasteiger partial charge >= 0.3 is 67.6 Å². The highest BCUT2D eigenvalue weighted by molar-refractivity contribution is 7.00. The zero-order chi connectivity index (χ0) is 45.9. The molecule has 66 heavy (non-hydrogen) atoms. The van der Waals surface area contributed by atoms with Crippen LogP contribution in [0.5, 0.6) is 0 Å². The van der Waals surface area contributed by atoms with Gasteiger partial charge in [-0.1, -0.05) is 96.5 Å². The van der Waals surface area contributed by atoms with Gasteiger partial charge in [-0.25, -0.2) is 4.79 Å². The molecule has 4 unspecified atom stereocenters. The van der Waals surface area contributed by atoms with Crippen molar-refractivity contribution in [1.29, 1.82) is 0 Å². The molecule has 0 aromatic carbocycles. The summed E-state index contributed by atoms with van der Waals surface area (Å²) < 4.78 is 86.9. The Morgan fingerprint density at radius 1 is 0.485 bits per heavy atom. The number of hydrogen-bond donors (Lipinski definition) is 2. The van der Waals surface area contributed by atoms with Crippen LogP contribution in [-0.2, 0) is 50.7 Å². The molecule has 7 saturated carbocycles. The number of fused-ring (bicyclic) bond motifs is 3. The van der Waals surface area contributed by atoms with Crippen molar-refractivity contribution in [3.63, 3.8) is 0 Å². The van der Waals surface area contributed by atoms with Crippen LogP contribution in [-0.4, -0.2) is 92.1 Å². The first-order chi connectivity index (χ1) is 31.6. The van der Waals surface area contributed by atoms with E-state index in [1.807, 2.05) is 0 Å². The van der Waals surface area contributed by atoms with Crippen LogP contribution in [0.2, 0.25) is 57.9 Å². The number of esters is 1. The van der Waals surface area contributed by atoms with Crippen molar-refractivity contribution in [2.24, 2.45) is 0 Å². The third-order valence-corrected chi connectivity index (χ3v) is 54.1. The lowest BCUT2D eigenvalue weighted by atomic mass is 10.4. The van der Waals surface area contributed by atoms with Crippen molar-refractivity contribution in [3.05, 3.63) is 12.2 Å². The zero-order valence-electron chi connectivity index (χ0n) is 40.5. The summed E-state index contributed by atoms with van der Waals surface area (Å²) in [6, 6.07) is 0.692. The lowest BCUT2D eigenvalue weighted by molar-refractivity contribution is -0.139. The Kier molecular flexibility index (Phi) is 14.9. The molecule has 3 saturated heterocycles. The van der Waals surface area contributed by atoms with E-state index in [4.69, 9.17) is 45.9 Å². The molecule has 10 rings (SSSR count). The van der Waals surface area contributed by atoms with Crippen LogP contribution >= 0.6 is 0 Å². The predicted octanol–water partition coefficient (Wildman–Crippen LogP) is 11.1. The Bertz CT molecular complexity index is 1660. The molecular formula is C44H82O14Si8. The lowest BCUT2D eigenvalue weighted by Crippen LogP contribution is -2.85. The molecule has 0 radical (unpaired) electrons. The number of rotatable bonds is 14. The van der Waals surface area contributed by atoms with E-state index in [1.165, 1.54) is 0 Å². The second-order valence-corrected chi connectivity index (χ2v) is 49.4. The van der Waals surface area contributed by atoms with Gasteiger partial charge in [0.1, 0.15) is 0 Å². The molecule has 10 aliphatic rings. The quantitative estimate of drug-likeness (QED) is 0.0732. The third-order valence-electron chi connectivity index (χ3n) is 17.5. The summed E-state index contributed by atoms with van der Waals surface area (Å²) >= 11 is 0. The standard InChI is InChI=1S/C44H82O14Si8/c1-36(2)44(45)48-34-19-35-59(3,4)49-62(39-24-9-10-25-39)54-64(41-28-13-14-29-41)52-60(46,37-20-5-6-21-37)50-63(40-26-11-12-27-40)51-61(47,38-22-7-8-23-38)53-65(55-62,42-30-15-16-31-42)58-66(56-63,57-64)43-32-17-18-33-43/h37-43,46-47H,1,5-35H2,2-4H3. The minimum absolute atomic E-state index is 0.0769. The van der Waals surface area contributed by atoms with Crippen molar-refractivity contribution >= 4 is 75.9 Å². The van der Waals surface area contributed by atoms with Crippen molar-refractivity contribution in [2.75, 3.05) is 6.61 Å². The molecule has 0 amide bonds. The summed E-state index contributed by atoms with van der Waals surface area (Å²) in [4.78, 5) is 40.5. The van der Waals surface area contributed by atoms with E-state index in [0.717, 1.165) is 180 Å². The van der Waals surface area contributed by atoms with Gasteiger partial charge in [-0.3, -0.25) is 0 Å². The van der Waals surface area contributed by atoms with E-state index in [2.05, 4.69) is 19.7 Å². The molecule has 4 bridgehead atoms. The molecule has 0 aromatic rings. The molecule has 4 atom stereocenters. The second-order valence-electron chi connectivity index (χ2n) is 22.9. The van der Waals surface area contributed by atoms with E-state index >= 15 is 0 Å². The van der Waals surface area contributed by atoms with Gasteiger partial charge in [0.05, 0.1) is 6.61 Å². The molecular weight excluding hydrogens is 977 g/mol. The molecule has 0 aromatic heterocycles. The molecule has 0 spiro atoms. The average Bonchev–Trinajstić information content (AvgIpc) is 4.12. The summed E-state index contributed by atoms with van der Waals surface area (Å²) in [5.74, 6) is -0.385. The van der Waals surface area contributed by atoms with Gasteiger partial charge in [-0.05, 0) is 122 Å². The fourth-order valence-electron chi connectivity index (χ4n) is 13.9. The summed E-state index contributed by atoms with van der Waals surface area (Å²) in [5.41, 5.74) is -0.645. The summed E-state index contributed by atoms with van der Waals surface area (Å²) in [6.07, 6.45) is 26.3. The molecule has 14 nitrogen and oxygen atoms in total. The zero-order valence-corrected chi connectivity index (χ0v) is 48.5. The van der Waals surface area contributed by atoms with Crippen LogP contribution in [0.15, 0.2) is 12.2 Å². The van der Waals surface area contributed by atoms with Gasteiger partial charge in [0.25, 0.3) is 0 Å². The molecule has 7 aliphatic carbocycles. The highest BCUT2D eigenvalue weighted by Gasteiger charge is 2.83. The first kappa shape index (κ1) is 50.0. The van der Waals surface area contributed by atoms with Crippen molar-refractivity contribution in [3.8, 4) is 0 Å². The highest BCUT2D eigenvalue weighted by Crippen LogP contribution is 2.63. The first-order valence-electron chi connectivity index (χ1n) is 26.9. The van der Waals surface area contributed by atoms with E-state index in [1.54, 1.807) is 6.92 Å². The SMILES string of the molecule is C=C(C)C(=O)OCCC[Si](C)(C)O[Si]1(C2CCCC2)O[Si]2(C3CCCC3)O[Si](O)(C3CCCC3)O[Si]3(C4CCCC4)O[Si](O)(C4CCCC4)O[Si](C4CCCC4)(O1)O[Si](C1CCCC1)(O3)O2. The van der Waals surface area contributed by atoms with Crippen LogP contribution in [0.4, 0.5) is 0 Å².